The largest absolute Gasteiger partial charge is 0.502 e. The minimum absolute atomic E-state index is 0. The summed E-state index contributed by atoms with van der Waals surface area (Å²) in [4.78, 5) is 10.1. The molecule has 2 N–H and O–H groups in total. The molecule has 1 aliphatic rings. The Morgan fingerprint density at radius 3 is 2.76 bits per heavy atom. The summed E-state index contributed by atoms with van der Waals surface area (Å²) in [5.41, 5.74) is 0.661. The highest BCUT2D eigenvalue weighted by Crippen LogP contribution is 2.31. The Bertz CT molecular complexity index is 406. The smallest absolute Gasteiger partial charge is 0.311 e. The summed E-state index contributed by atoms with van der Waals surface area (Å²) in [6, 6.07) is 4.76. The number of hydrogen-bond donors (Lipinski definition) is 2. The first-order chi connectivity index (χ1) is 7.68. The van der Waals surface area contributed by atoms with E-state index in [1.54, 1.807) is 6.07 Å². The fourth-order valence-electron chi connectivity index (χ4n) is 2.04. The van der Waals surface area contributed by atoms with Gasteiger partial charge in [0.15, 0.2) is 5.75 Å². The van der Waals surface area contributed by atoms with Gasteiger partial charge in [0.1, 0.15) is 0 Å². The van der Waals surface area contributed by atoms with E-state index in [9.17, 15) is 15.2 Å². The number of piperidine rings is 1. The lowest BCUT2D eigenvalue weighted by molar-refractivity contribution is -0.385. The lowest BCUT2D eigenvalue weighted by Gasteiger charge is -2.23. The van der Waals surface area contributed by atoms with Gasteiger partial charge in [-0.25, -0.2) is 0 Å². The average molecular weight is 259 g/mol. The van der Waals surface area contributed by atoms with Crippen LogP contribution in [-0.4, -0.2) is 16.6 Å². The summed E-state index contributed by atoms with van der Waals surface area (Å²) in [6.45, 7) is 0.944. The maximum Gasteiger partial charge on any atom is 0.311 e. The third kappa shape index (κ3) is 3.08. The zero-order valence-corrected chi connectivity index (χ0v) is 10.1. The highest BCUT2D eigenvalue weighted by molar-refractivity contribution is 5.85. The van der Waals surface area contributed by atoms with Crippen molar-refractivity contribution in [3.8, 4) is 5.75 Å². The van der Waals surface area contributed by atoms with Gasteiger partial charge in [0.2, 0.25) is 0 Å². The van der Waals surface area contributed by atoms with Crippen molar-refractivity contribution in [3.05, 3.63) is 33.9 Å². The van der Waals surface area contributed by atoms with Crippen LogP contribution in [0.25, 0.3) is 0 Å². The standard InChI is InChI=1S/C11H14N2O3.ClH/c14-11-5-4-8(7-10(11)13(15)16)9-3-1-2-6-12-9;/h4-5,7,9,12,14H,1-3,6H2;1H/t9-;/m1./s1. The second-order valence-corrected chi connectivity index (χ2v) is 4.01. The quantitative estimate of drug-likeness (QED) is 0.631. The normalized spacial score (nSPS) is 19.4. The molecule has 1 fully saturated rings. The number of nitrogens with one attached hydrogen (secondary N) is 1. The molecule has 0 radical (unpaired) electrons. The molecule has 1 aliphatic heterocycles. The first-order valence-corrected chi connectivity index (χ1v) is 5.39. The molecule has 1 aromatic rings. The minimum atomic E-state index is -0.554. The monoisotopic (exact) mass is 258 g/mol. The van der Waals surface area contributed by atoms with Crippen LogP contribution in [0.3, 0.4) is 0 Å². The van der Waals surface area contributed by atoms with Gasteiger partial charge in [-0.2, -0.15) is 0 Å². The van der Waals surface area contributed by atoms with Crippen molar-refractivity contribution in [1.29, 1.82) is 0 Å². The lowest BCUT2D eigenvalue weighted by Crippen LogP contribution is -2.26. The summed E-state index contributed by atoms with van der Waals surface area (Å²) in [5.74, 6) is -0.274. The van der Waals surface area contributed by atoms with Gasteiger partial charge in [-0.1, -0.05) is 12.5 Å². The van der Waals surface area contributed by atoms with Crippen molar-refractivity contribution in [3.63, 3.8) is 0 Å². The molecule has 5 nitrogen and oxygen atoms in total. The van der Waals surface area contributed by atoms with E-state index in [0.717, 1.165) is 31.4 Å². The Balaban J connectivity index is 0.00000144. The van der Waals surface area contributed by atoms with E-state index in [4.69, 9.17) is 0 Å². The van der Waals surface area contributed by atoms with Crippen LogP contribution in [0.15, 0.2) is 18.2 Å². The van der Waals surface area contributed by atoms with Crippen molar-refractivity contribution in [1.82, 2.24) is 5.32 Å². The number of halogens is 1. The third-order valence-electron chi connectivity index (χ3n) is 2.91. The van der Waals surface area contributed by atoms with Crippen LogP contribution in [0.1, 0.15) is 30.9 Å². The van der Waals surface area contributed by atoms with E-state index in [-0.39, 0.29) is 29.9 Å². The number of benzene rings is 1. The summed E-state index contributed by atoms with van der Waals surface area (Å²) in [5, 5.41) is 23.3. The number of nitro benzene ring substituents is 1. The molecule has 17 heavy (non-hydrogen) atoms. The van der Waals surface area contributed by atoms with Gasteiger partial charge in [0, 0.05) is 12.1 Å². The topological polar surface area (TPSA) is 75.4 Å². The molecule has 1 saturated heterocycles. The van der Waals surface area contributed by atoms with Crippen LogP contribution in [-0.2, 0) is 0 Å². The Kier molecular flexibility index (Phi) is 4.72. The first-order valence-electron chi connectivity index (χ1n) is 5.39. The molecular weight excluding hydrogens is 244 g/mol. The Morgan fingerprint density at radius 2 is 2.18 bits per heavy atom. The maximum atomic E-state index is 10.7. The number of nitro groups is 1. The SMILES string of the molecule is Cl.O=[N+]([O-])c1cc([C@H]2CCCCN2)ccc1O. The predicted octanol–water partition coefficient (Wildman–Crippen LogP) is 2.54. The van der Waals surface area contributed by atoms with E-state index in [1.807, 2.05) is 0 Å². The number of phenols is 1. The number of aromatic hydroxyl groups is 1. The molecule has 0 spiro atoms. The van der Waals surface area contributed by atoms with Gasteiger partial charge in [0.05, 0.1) is 4.92 Å². The molecule has 94 valence electrons. The molecule has 1 atom stereocenters. The molecule has 1 aromatic carbocycles. The Morgan fingerprint density at radius 1 is 1.41 bits per heavy atom. The first kappa shape index (κ1) is 13.7. The average Bonchev–Trinajstić information content (AvgIpc) is 2.30. The molecule has 0 aliphatic carbocycles. The van der Waals surface area contributed by atoms with Crippen molar-refractivity contribution < 1.29 is 10.0 Å². The van der Waals surface area contributed by atoms with Gasteiger partial charge in [-0.05, 0) is 31.0 Å². The summed E-state index contributed by atoms with van der Waals surface area (Å²) >= 11 is 0. The summed E-state index contributed by atoms with van der Waals surface area (Å²) in [6.07, 6.45) is 3.27. The van der Waals surface area contributed by atoms with Crippen molar-refractivity contribution in [2.75, 3.05) is 6.54 Å². The number of phenolic OH excluding ortho intramolecular Hbond substituents is 1. The van der Waals surface area contributed by atoms with Crippen LogP contribution in [0.2, 0.25) is 0 Å². The molecule has 6 heteroatoms. The molecule has 2 rings (SSSR count). The minimum Gasteiger partial charge on any atom is -0.502 e. The highest BCUT2D eigenvalue weighted by Gasteiger charge is 2.19. The van der Waals surface area contributed by atoms with Crippen LogP contribution in [0, 0.1) is 10.1 Å². The molecular formula is C11H15ClN2O3. The Labute approximate surface area is 105 Å². The van der Waals surface area contributed by atoms with E-state index in [0.29, 0.717) is 0 Å². The number of nitrogens with zero attached hydrogens (tertiary/aromatic N) is 1. The molecule has 1 heterocycles. The molecule has 0 bridgehead atoms. The van der Waals surface area contributed by atoms with E-state index in [2.05, 4.69) is 5.32 Å². The second kappa shape index (κ2) is 5.84. The number of hydrogen-bond acceptors (Lipinski definition) is 4. The van der Waals surface area contributed by atoms with E-state index in [1.165, 1.54) is 12.1 Å². The molecule has 0 unspecified atom stereocenters. The van der Waals surface area contributed by atoms with Gasteiger partial charge < -0.3 is 10.4 Å². The highest BCUT2D eigenvalue weighted by atomic mass is 35.5. The van der Waals surface area contributed by atoms with E-state index < -0.39 is 4.92 Å². The van der Waals surface area contributed by atoms with Crippen molar-refractivity contribution in [2.45, 2.75) is 25.3 Å². The predicted molar refractivity (Wildman–Crippen MR) is 66.6 cm³/mol. The lowest BCUT2D eigenvalue weighted by atomic mass is 9.97. The number of rotatable bonds is 2. The van der Waals surface area contributed by atoms with Crippen LogP contribution >= 0.6 is 12.4 Å². The Hall–Kier alpha value is -1.33. The van der Waals surface area contributed by atoms with E-state index >= 15 is 0 Å². The fourth-order valence-corrected chi connectivity index (χ4v) is 2.04. The van der Waals surface area contributed by atoms with Gasteiger partial charge in [0.25, 0.3) is 0 Å². The summed E-state index contributed by atoms with van der Waals surface area (Å²) in [7, 11) is 0. The van der Waals surface area contributed by atoms with Crippen LogP contribution in [0.4, 0.5) is 5.69 Å². The summed E-state index contributed by atoms with van der Waals surface area (Å²) < 4.78 is 0. The maximum absolute atomic E-state index is 10.7. The zero-order chi connectivity index (χ0) is 11.5. The second-order valence-electron chi connectivity index (χ2n) is 4.01. The molecule has 0 amide bonds. The zero-order valence-electron chi connectivity index (χ0n) is 9.26. The third-order valence-corrected chi connectivity index (χ3v) is 2.91. The van der Waals surface area contributed by atoms with Gasteiger partial charge in [-0.3, -0.25) is 10.1 Å². The van der Waals surface area contributed by atoms with Crippen LogP contribution < -0.4 is 5.32 Å². The molecule has 0 saturated carbocycles. The molecule has 0 aromatic heterocycles. The fraction of sp³-hybridized carbons (Fsp3) is 0.455. The van der Waals surface area contributed by atoms with Crippen molar-refractivity contribution in [2.24, 2.45) is 0 Å². The van der Waals surface area contributed by atoms with Crippen LogP contribution in [0.5, 0.6) is 5.75 Å². The van der Waals surface area contributed by atoms with Gasteiger partial charge >= 0.3 is 5.69 Å². The van der Waals surface area contributed by atoms with Crippen molar-refractivity contribution >= 4 is 18.1 Å². The van der Waals surface area contributed by atoms with Gasteiger partial charge in [-0.15, -0.1) is 12.4 Å².